The van der Waals surface area contributed by atoms with Gasteiger partial charge in [0, 0.05) is 31.4 Å². The van der Waals surface area contributed by atoms with Crippen molar-refractivity contribution in [2.75, 3.05) is 31.6 Å². The standard InChI is InChI=1S/C29H39N7O3/c1-19(2)18-39-26(37)17-33-29(3,28(38)36-13-5-6-14-36)21-9-12-24-23(15-21)34-25(35(24)4)16-32-22-10-7-20(8-11-22)27(30)31/h7-12,15,19,32-33H,5-6,13-14,16-18H2,1-4H3,(H3,30,31)/t29-/m1/s1. The van der Waals surface area contributed by atoms with E-state index in [0.29, 0.717) is 31.8 Å². The molecule has 2 heterocycles. The lowest BCUT2D eigenvalue weighted by molar-refractivity contribution is -0.145. The van der Waals surface area contributed by atoms with Crippen molar-refractivity contribution < 1.29 is 14.3 Å². The highest BCUT2D eigenvalue weighted by molar-refractivity contribution is 5.95. The molecular weight excluding hydrogens is 494 g/mol. The number of ether oxygens (including phenoxy) is 1. The summed E-state index contributed by atoms with van der Waals surface area (Å²) in [7, 11) is 1.96. The minimum absolute atomic E-state index is 0.0323. The van der Waals surface area contributed by atoms with E-state index in [1.54, 1.807) is 12.1 Å². The number of amides is 1. The van der Waals surface area contributed by atoms with Crippen molar-refractivity contribution in [1.29, 1.82) is 5.41 Å². The highest BCUT2D eigenvalue weighted by Crippen LogP contribution is 2.29. The Kier molecular flexibility index (Phi) is 8.54. The van der Waals surface area contributed by atoms with Crippen LogP contribution in [0.1, 0.15) is 50.6 Å². The highest BCUT2D eigenvalue weighted by Gasteiger charge is 2.40. The number of carbonyl (C=O) groups excluding carboxylic acids is 2. The van der Waals surface area contributed by atoms with Crippen molar-refractivity contribution in [3.05, 3.63) is 59.4 Å². The topological polar surface area (TPSA) is 138 Å². The summed E-state index contributed by atoms with van der Waals surface area (Å²) in [4.78, 5) is 32.9. The lowest BCUT2D eigenvalue weighted by Gasteiger charge is -2.34. The van der Waals surface area contributed by atoms with Crippen molar-refractivity contribution in [2.24, 2.45) is 18.7 Å². The summed E-state index contributed by atoms with van der Waals surface area (Å²) >= 11 is 0. The Morgan fingerprint density at radius 2 is 1.85 bits per heavy atom. The predicted molar refractivity (Wildman–Crippen MR) is 152 cm³/mol. The second-order valence-electron chi connectivity index (χ2n) is 10.7. The summed E-state index contributed by atoms with van der Waals surface area (Å²) in [5.41, 5.74) is 8.46. The zero-order valence-electron chi connectivity index (χ0n) is 23.2. The van der Waals surface area contributed by atoms with Crippen LogP contribution in [-0.4, -0.2) is 58.4 Å². The number of rotatable bonds is 11. The van der Waals surface area contributed by atoms with Crippen molar-refractivity contribution in [3.8, 4) is 0 Å². The molecule has 3 aromatic rings. The van der Waals surface area contributed by atoms with Gasteiger partial charge >= 0.3 is 5.97 Å². The zero-order chi connectivity index (χ0) is 28.2. The average Bonchev–Trinajstić information content (AvgIpc) is 3.57. The molecule has 208 valence electrons. The van der Waals surface area contributed by atoms with Crippen molar-refractivity contribution in [1.82, 2.24) is 19.8 Å². The number of likely N-dealkylation sites (tertiary alicyclic amines) is 1. The first-order valence-corrected chi connectivity index (χ1v) is 13.4. The third kappa shape index (κ3) is 6.39. The molecule has 5 N–H and O–H groups in total. The first kappa shape index (κ1) is 28.1. The molecule has 1 amide bonds. The maximum absolute atomic E-state index is 13.7. The number of nitrogens with two attached hydrogens (primary N) is 1. The van der Waals surface area contributed by atoms with Gasteiger partial charge < -0.3 is 25.3 Å². The molecule has 1 fully saturated rings. The third-order valence-electron chi connectivity index (χ3n) is 7.18. The SMILES string of the molecule is CC(C)COC(=O)CN[C@@](C)(C(=O)N1CCCC1)c1ccc2c(c1)nc(CNc1ccc(C(=N)N)cc1)n2C. The molecule has 1 atom stereocenters. The van der Waals surface area contributed by atoms with Crippen LogP contribution in [0.2, 0.25) is 0 Å². The van der Waals surface area contributed by atoms with E-state index in [2.05, 4.69) is 10.6 Å². The fourth-order valence-electron chi connectivity index (χ4n) is 4.76. The number of aromatic nitrogens is 2. The second-order valence-corrected chi connectivity index (χ2v) is 10.7. The van der Waals surface area contributed by atoms with Crippen LogP contribution in [0.15, 0.2) is 42.5 Å². The second kappa shape index (κ2) is 11.9. The van der Waals surface area contributed by atoms with Gasteiger partial charge in [0.05, 0.1) is 30.7 Å². The number of benzene rings is 2. The number of imidazole rings is 1. The van der Waals surface area contributed by atoms with Crippen LogP contribution in [0.25, 0.3) is 11.0 Å². The van der Waals surface area contributed by atoms with Crippen LogP contribution < -0.4 is 16.4 Å². The molecule has 10 nitrogen and oxygen atoms in total. The van der Waals surface area contributed by atoms with E-state index >= 15 is 0 Å². The van der Waals surface area contributed by atoms with Gasteiger partial charge in [0.1, 0.15) is 17.2 Å². The van der Waals surface area contributed by atoms with E-state index in [9.17, 15) is 9.59 Å². The molecule has 1 aliphatic rings. The molecule has 0 radical (unpaired) electrons. The Morgan fingerprint density at radius 1 is 1.15 bits per heavy atom. The summed E-state index contributed by atoms with van der Waals surface area (Å²) < 4.78 is 7.37. The minimum Gasteiger partial charge on any atom is -0.464 e. The molecule has 2 aromatic carbocycles. The van der Waals surface area contributed by atoms with Crippen LogP contribution in [0.3, 0.4) is 0 Å². The molecule has 4 rings (SSSR count). The van der Waals surface area contributed by atoms with Crippen LogP contribution in [0.4, 0.5) is 5.69 Å². The Morgan fingerprint density at radius 3 is 2.49 bits per heavy atom. The molecule has 1 aliphatic heterocycles. The maximum Gasteiger partial charge on any atom is 0.319 e. The van der Waals surface area contributed by atoms with Gasteiger partial charge in [-0.3, -0.25) is 20.3 Å². The van der Waals surface area contributed by atoms with E-state index in [1.165, 1.54) is 0 Å². The van der Waals surface area contributed by atoms with Crippen LogP contribution in [0, 0.1) is 11.3 Å². The molecule has 1 aromatic heterocycles. The largest absolute Gasteiger partial charge is 0.464 e. The van der Waals surface area contributed by atoms with E-state index in [4.69, 9.17) is 20.9 Å². The first-order valence-electron chi connectivity index (χ1n) is 13.4. The molecule has 0 bridgehead atoms. The van der Waals surface area contributed by atoms with Crippen LogP contribution in [0.5, 0.6) is 0 Å². The van der Waals surface area contributed by atoms with E-state index in [1.807, 2.05) is 67.6 Å². The Bertz CT molecular complexity index is 1340. The summed E-state index contributed by atoms with van der Waals surface area (Å²) in [6.45, 7) is 7.99. The first-order chi connectivity index (χ1) is 18.6. The number of fused-ring (bicyclic) bond motifs is 1. The van der Waals surface area contributed by atoms with Gasteiger partial charge in [0.15, 0.2) is 0 Å². The molecule has 0 saturated carbocycles. The number of nitrogens with zero attached hydrogens (tertiary/aromatic N) is 3. The van der Waals surface area contributed by atoms with Gasteiger partial charge in [-0.25, -0.2) is 4.98 Å². The quantitative estimate of drug-likeness (QED) is 0.169. The normalized spacial score (nSPS) is 14.9. The van der Waals surface area contributed by atoms with Gasteiger partial charge in [-0.2, -0.15) is 0 Å². The van der Waals surface area contributed by atoms with Gasteiger partial charge in [-0.15, -0.1) is 0 Å². The van der Waals surface area contributed by atoms with E-state index < -0.39 is 5.54 Å². The average molecular weight is 534 g/mol. The number of nitrogens with one attached hydrogen (secondary N) is 3. The van der Waals surface area contributed by atoms with Crippen molar-refractivity contribution >= 4 is 34.4 Å². The van der Waals surface area contributed by atoms with Gasteiger partial charge in [0.25, 0.3) is 0 Å². The fourth-order valence-corrected chi connectivity index (χ4v) is 4.76. The van der Waals surface area contributed by atoms with Crippen LogP contribution in [-0.2, 0) is 33.5 Å². The zero-order valence-corrected chi connectivity index (χ0v) is 23.2. The summed E-state index contributed by atoms with van der Waals surface area (Å²) in [6, 6.07) is 13.2. The number of aryl methyl sites for hydroxylation is 1. The number of anilines is 1. The van der Waals surface area contributed by atoms with Gasteiger partial charge in [-0.05, 0) is 67.6 Å². The number of esters is 1. The fraction of sp³-hybridized carbons (Fsp3) is 0.448. The number of carbonyl (C=O) groups is 2. The predicted octanol–water partition coefficient (Wildman–Crippen LogP) is 3.10. The monoisotopic (exact) mass is 533 g/mol. The Balaban J connectivity index is 1.57. The third-order valence-corrected chi connectivity index (χ3v) is 7.18. The Hall–Kier alpha value is -3.92. The lowest BCUT2D eigenvalue weighted by Crippen LogP contribution is -2.54. The van der Waals surface area contributed by atoms with Crippen molar-refractivity contribution in [3.63, 3.8) is 0 Å². The molecule has 0 spiro atoms. The van der Waals surface area contributed by atoms with E-state index in [-0.39, 0.29) is 30.2 Å². The molecular formula is C29H39N7O3. The van der Waals surface area contributed by atoms with E-state index in [0.717, 1.165) is 41.0 Å². The minimum atomic E-state index is -1.11. The summed E-state index contributed by atoms with van der Waals surface area (Å²) in [5.74, 6) is 0.665. The summed E-state index contributed by atoms with van der Waals surface area (Å²) in [5, 5.41) is 14.1. The molecule has 0 aliphatic carbocycles. The summed E-state index contributed by atoms with van der Waals surface area (Å²) in [6.07, 6.45) is 1.96. The Labute approximate surface area is 229 Å². The molecule has 10 heteroatoms. The molecule has 39 heavy (non-hydrogen) atoms. The van der Waals surface area contributed by atoms with Crippen molar-refractivity contribution in [2.45, 2.75) is 45.7 Å². The number of hydrogen-bond acceptors (Lipinski definition) is 7. The smallest absolute Gasteiger partial charge is 0.319 e. The van der Waals surface area contributed by atoms with Crippen LogP contribution >= 0.6 is 0 Å². The van der Waals surface area contributed by atoms with Gasteiger partial charge in [0.2, 0.25) is 5.91 Å². The number of hydrogen-bond donors (Lipinski definition) is 4. The molecule has 0 unspecified atom stereocenters. The highest BCUT2D eigenvalue weighted by atomic mass is 16.5. The number of nitrogen functional groups attached to an aromatic ring is 1. The van der Waals surface area contributed by atoms with Gasteiger partial charge in [-0.1, -0.05) is 19.9 Å². The molecule has 1 saturated heterocycles. The maximum atomic E-state index is 13.7. The number of amidine groups is 1. The lowest BCUT2D eigenvalue weighted by atomic mass is 9.89.